The van der Waals surface area contributed by atoms with Gasteiger partial charge in [0.2, 0.25) is 0 Å². The Morgan fingerprint density at radius 2 is 1.44 bits per heavy atom. The molecule has 138 valence electrons. The van der Waals surface area contributed by atoms with E-state index in [1.165, 1.54) is 5.56 Å². The number of amides is 2. The zero-order chi connectivity index (χ0) is 19.4. The average Bonchev–Trinajstić information content (AvgIpc) is 3.13. The number of carbonyl (C=O) groups excluding carboxylic acids is 1. The van der Waals surface area contributed by atoms with Gasteiger partial charge in [0.1, 0.15) is 5.69 Å². The van der Waals surface area contributed by atoms with Gasteiger partial charge in [-0.05, 0) is 52.9 Å². The van der Waals surface area contributed by atoms with Crippen LogP contribution in [-0.4, -0.2) is 22.1 Å². The van der Waals surface area contributed by atoms with E-state index in [2.05, 4.69) is 29.5 Å². The highest BCUT2D eigenvalue weighted by Crippen LogP contribution is 2.23. The van der Waals surface area contributed by atoms with Gasteiger partial charge in [0.25, 0.3) is 0 Å². The quantitative estimate of drug-likeness (QED) is 0.505. The van der Waals surface area contributed by atoms with Crippen molar-refractivity contribution in [3.05, 3.63) is 72.1 Å². The predicted octanol–water partition coefficient (Wildman–Crippen LogP) is 5.15. The first kappa shape index (κ1) is 18.3. The highest BCUT2D eigenvalue weighted by Gasteiger charge is 2.08. The number of hydrogen-bond donors (Lipinski definition) is 4. The lowest BCUT2D eigenvalue weighted by Gasteiger charge is -2.10. The number of anilines is 2. The molecule has 0 aliphatic carbocycles. The van der Waals surface area contributed by atoms with Gasteiger partial charge in [-0.25, -0.2) is 9.59 Å². The molecule has 3 aromatic rings. The number of aromatic amines is 1. The summed E-state index contributed by atoms with van der Waals surface area (Å²) < 4.78 is 0. The summed E-state index contributed by atoms with van der Waals surface area (Å²) >= 11 is 0. The minimum Gasteiger partial charge on any atom is -0.477 e. The van der Waals surface area contributed by atoms with Crippen LogP contribution in [0.15, 0.2) is 60.8 Å². The fourth-order valence-electron chi connectivity index (χ4n) is 2.68. The molecule has 0 bridgehead atoms. The Bertz CT molecular complexity index is 942. The van der Waals surface area contributed by atoms with Gasteiger partial charge in [-0.1, -0.05) is 38.1 Å². The van der Waals surface area contributed by atoms with Crippen LogP contribution in [0.5, 0.6) is 0 Å². The smallest absolute Gasteiger partial charge is 0.352 e. The van der Waals surface area contributed by atoms with E-state index >= 15 is 0 Å². The van der Waals surface area contributed by atoms with Crippen molar-refractivity contribution in [3.63, 3.8) is 0 Å². The molecule has 0 spiro atoms. The summed E-state index contributed by atoms with van der Waals surface area (Å²) in [7, 11) is 0. The van der Waals surface area contributed by atoms with E-state index in [4.69, 9.17) is 5.11 Å². The molecule has 1 heterocycles. The molecule has 0 fully saturated rings. The Kier molecular flexibility index (Phi) is 5.26. The van der Waals surface area contributed by atoms with E-state index in [1.807, 2.05) is 36.4 Å². The Balaban J connectivity index is 1.61. The molecule has 0 unspecified atom stereocenters. The largest absolute Gasteiger partial charge is 0.477 e. The van der Waals surface area contributed by atoms with Crippen molar-refractivity contribution in [1.82, 2.24) is 4.98 Å². The second kappa shape index (κ2) is 7.78. The highest BCUT2D eigenvalue weighted by molar-refractivity contribution is 5.99. The van der Waals surface area contributed by atoms with E-state index in [1.54, 1.807) is 24.4 Å². The lowest BCUT2D eigenvalue weighted by atomic mass is 10.0. The molecule has 0 saturated carbocycles. The number of urea groups is 1. The first-order chi connectivity index (χ1) is 12.9. The van der Waals surface area contributed by atoms with Crippen LogP contribution in [-0.2, 0) is 0 Å². The predicted molar refractivity (Wildman–Crippen MR) is 106 cm³/mol. The van der Waals surface area contributed by atoms with Crippen LogP contribution in [0.2, 0.25) is 0 Å². The SMILES string of the molecule is CC(C)c1ccc(NC(=O)Nc2ccc(-c3c[nH]c(C(=O)O)c3)cc2)cc1. The minimum atomic E-state index is -1.00. The van der Waals surface area contributed by atoms with Crippen molar-refractivity contribution in [2.45, 2.75) is 19.8 Å². The minimum absolute atomic E-state index is 0.134. The van der Waals surface area contributed by atoms with Gasteiger partial charge in [-0.3, -0.25) is 0 Å². The highest BCUT2D eigenvalue weighted by atomic mass is 16.4. The number of carbonyl (C=O) groups is 2. The molecule has 0 atom stereocenters. The maximum absolute atomic E-state index is 12.1. The molecule has 4 N–H and O–H groups in total. The second-order valence-corrected chi connectivity index (χ2v) is 6.54. The zero-order valence-corrected chi connectivity index (χ0v) is 15.1. The summed E-state index contributed by atoms with van der Waals surface area (Å²) in [6.07, 6.45) is 1.64. The number of H-pyrrole nitrogens is 1. The Morgan fingerprint density at radius 1 is 0.889 bits per heavy atom. The van der Waals surface area contributed by atoms with Crippen molar-refractivity contribution in [1.29, 1.82) is 0 Å². The zero-order valence-electron chi connectivity index (χ0n) is 15.1. The molecule has 3 rings (SSSR count). The molecular formula is C21H21N3O3. The first-order valence-corrected chi connectivity index (χ1v) is 8.62. The maximum Gasteiger partial charge on any atom is 0.352 e. The van der Waals surface area contributed by atoms with Crippen LogP contribution in [0.3, 0.4) is 0 Å². The van der Waals surface area contributed by atoms with Crippen molar-refractivity contribution < 1.29 is 14.7 Å². The molecule has 27 heavy (non-hydrogen) atoms. The molecule has 6 heteroatoms. The topological polar surface area (TPSA) is 94.2 Å². The van der Waals surface area contributed by atoms with Crippen molar-refractivity contribution in [2.24, 2.45) is 0 Å². The second-order valence-electron chi connectivity index (χ2n) is 6.54. The summed E-state index contributed by atoms with van der Waals surface area (Å²) in [5.41, 5.74) is 4.34. The molecule has 1 aromatic heterocycles. The standard InChI is InChI=1S/C21H21N3O3/c1-13(2)14-3-7-17(8-4-14)23-21(27)24-18-9-5-15(6-10-18)16-11-19(20(25)26)22-12-16/h3-13,22H,1-2H3,(H,25,26)(H2,23,24,27). The van der Waals surface area contributed by atoms with Crippen molar-refractivity contribution in [2.75, 3.05) is 10.6 Å². The monoisotopic (exact) mass is 363 g/mol. The lowest BCUT2D eigenvalue weighted by molar-refractivity contribution is 0.0691. The number of aromatic nitrogens is 1. The van der Waals surface area contributed by atoms with Gasteiger partial charge in [0, 0.05) is 17.6 Å². The van der Waals surface area contributed by atoms with Crippen molar-refractivity contribution >= 4 is 23.4 Å². The number of aromatic carboxylic acids is 1. The van der Waals surface area contributed by atoms with Gasteiger partial charge >= 0.3 is 12.0 Å². The van der Waals surface area contributed by atoms with Gasteiger partial charge in [-0.2, -0.15) is 0 Å². The number of benzene rings is 2. The Morgan fingerprint density at radius 3 is 1.93 bits per heavy atom. The van der Waals surface area contributed by atoms with Crippen LogP contribution >= 0.6 is 0 Å². The number of nitrogens with one attached hydrogen (secondary N) is 3. The normalized spacial score (nSPS) is 10.6. The van der Waals surface area contributed by atoms with Crippen LogP contribution in [0, 0.1) is 0 Å². The Labute approximate surface area is 157 Å². The third-order valence-electron chi connectivity index (χ3n) is 4.22. The van der Waals surface area contributed by atoms with Gasteiger partial charge in [0.05, 0.1) is 0 Å². The van der Waals surface area contributed by atoms with E-state index in [0.717, 1.165) is 16.8 Å². The number of rotatable bonds is 5. The molecular weight excluding hydrogens is 342 g/mol. The molecule has 2 amide bonds. The van der Waals surface area contributed by atoms with Crippen LogP contribution < -0.4 is 10.6 Å². The summed E-state index contributed by atoms with van der Waals surface area (Å²) in [4.78, 5) is 25.8. The van der Waals surface area contributed by atoms with E-state index in [9.17, 15) is 9.59 Å². The molecule has 6 nitrogen and oxygen atoms in total. The lowest BCUT2D eigenvalue weighted by Crippen LogP contribution is -2.19. The molecule has 0 saturated heterocycles. The number of carboxylic acid groups (broad SMARTS) is 1. The van der Waals surface area contributed by atoms with Crippen LogP contribution in [0.1, 0.15) is 35.8 Å². The number of hydrogen-bond acceptors (Lipinski definition) is 2. The van der Waals surface area contributed by atoms with E-state index < -0.39 is 5.97 Å². The summed E-state index contributed by atoms with van der Waals surface area (Å²) in [5, 5.41) is 14.5. The van der Waals surface area contributed by atoms with Crippen LogP contribution in [0.25, 0.3) is 11.1 Å². The summed E-state index contributed by atoms with van der Waals surface area (Å²) in [6, 6.07) is 16.2. The third-order valence-corrected chi connectivity index (χ3v) is 4.22. The summed E-state index contributed by atoms with van der Waals surface area (Å²) in [5.74, 6) is -0.560. The number of carboxylic acids is 1. The fourth-order valence-corrected chi connectivity index (χ4v) is 2.68. The summed E-state index contributed by atoms with van der Waals surface area (Å²) in [6.45, 7) is 4.24. The van der Waals surface area contributed by atoms with Crippen LogP contribution in [0.4, 0.5) is 16.2 Å². The first-order valence-electron chi connectivity index (χ1n) is 8.62. The molecule has 0 aliphatic rings. The average molecular weight is 363 g/mol. The Hall–Kier alpha value is -3.54. The maximum atomic E-state index is 12.1. The molecule has 0 aliphatic heterocycles. The van der Waals surface area contributed by atoms with E-state index in [0.29, 0.717) is 11.6 Å². The van der Waals surface area contributed by atoms with E-state index in [-0.39, 0.29) is 11.7 Å². The third kappa shape index (κ3) is 4.55. The molecule has 0 radical (unpaired) electrons. The van der Waals surface area contributed by atoms with Gasteiger partial charge in [0.15, 0.2) is 0 Å². The molecule has 2 aromatic carbocycles. The van der Waals surface area contributed by atoms with Gasteiger partial charge < -0.3 is 20.7 Å². The van der Waals surface area contributed by atoms with Gasteiger partial charge in [-0.15, -0.1) is 0 Å². The van der Waals surface area contributed by atoms with Crippen molar-refractivity contribution in [3.8, 4) is 11.1 Å². The fraction of sp³-hybridized carbons (Fsp3) is 0.143.